The molecule has 0 radical (unpaired) electrons. The highest BCUT2D eigenvalue weighted by Gasteiger charge is 2.18. The Hall–Kier alpha value is -3.41. The van der Waals surface area contributed by atoms with Crippen molar-refractivity contribution in [3.63, 3.8) is 0 Å². The molecule has 6 heteroatoms. The van der Waals surface area contributed by atoms with Crippen LogP contribution in [-0.2, 0) is 0 Å². The highest BCUT2D eigenvalue weighted by atomic mass is 16.2. The number of urea groups is 1. The Morgan fingerprint density at radius 1 is 1.12 bits per heavy atom. The Kier molecular flexibility index (Phi) is 5.12. The topological polar surface area (TPSA) is 86.9 Å². The van der Waals surface area contributed by atoms with Gasteiger partial charge in [0.2, 0.25) is 0 Å². The molecule has 132 valence electrons. The van der Waals surface area contributed by atoms with Crippen LogP contribution < -0.4 is 16.2 Å². The van der Waals surface area contributed by atoms with Crippen molar-refractivity contribution in [2.45, 2.75) is 19.9 Å². The summed E-state index contributed by atoms with van der Waals surface area (Å²) in [6, 6.07) is 14.4. The van der Waals surface area contributed by atoms with E-state index in [1.807, 2.05) is 49.4 Å². The highest BCUT2D eigenvalue weighted by Crippen LogP contribution is 2.21. The van der Waals surface area contributed by atoms with Crippen LogP contribution in [0.3, 0.4) is 0 Å². The van der Waals surface area contributed by atoms with Crippen molar-refractivity contribution in [1.82, 2.24) is 15.3 Å². The number of nitrogens with one attached hydrogen (secondary N) is 3. The number of anilines is 1. The van der Waals surface area contributed by atoms with Crippen LogP contribution >= 0.6 is 0 Å². The summed E-state index contributed by atoms with van der Waals surface area (Å²) in [6.07, 6.45) is 3.17. The second-order valence-electron chi connectivity index (χ2n) is 6.10. The quantitative estimate of drug-likeness (QED) is 0.676. The van der Waals surface area contributed by atoms with E-state index in [0.29, 0.717) is 11.3 Å². The molecule has 0 unspecified atom stereocenters. The Labute approximate surface area is 151 Å². The van der Waals surface area contributed by atoms with Crippen molar-refractivity contribution in [3.05, 3.63) is 93.7 Å². The number of rotatable bonds is 4. The molecule has 0 aliphatic rings. The minimum Gasteiger partial charge on any atom is -0.327 e. The largest absolute Gasteiger partial charge is 0.327 e. The Morgan fingerprint density at radius 3 is 2.65 bits per heavy atom. The van der Waals surface area contributed by atoms with Crippen LogP contribution in [0.4, 0.5) is 10.5 Å². The summed E-state index contributed by atoms with van der Waals surface area (Å²) in [6.45, 7) is 3.69. The van der Waals surface area contributed by atoms with Crippen LogP contribution in [0.15, 0.2) is 65.7 Å². The molecule has 2 heterocycles. The van der Waals surface area contributed by atoms with Crippen LogP contribution in [0.25, 0.3) is 0 Å². The zero-order chi connectivity index (χ0) is 18.5. The first-order chi connectivity index (χ1) is 12.5. The minimum atomic E-state index is -0.389. The fourth-order valence-corrected chi connectivity index (χ4v) is 2.69. The molecule has 0 bridgehead atoms. The number of nitrogens with zero attached hydrogens (tertiary/aromatic N) is 1. The van der Waals surface area contributed by atoms with E-state index in [2.05, 4.69) is 20.6 Å². The maximum absolute atomic E-state index is 12.5. The van der Waals surface area contributed by atoms with Gasteiger partial charge in [-0.2, -0.15) is 0 Å². The smallest absolute Gasteiger partial charge is 0.320 e. The molecule has 6 nitrogen and oxygen atoms in total. The maximum atomic E-state index is 12.5. The third kappa shape index (κ3) is 4.16. The normalized spacial score (nSPS) is 11.6. The zero-order valence-corrected chi connectivity index (χ0v) is 14.6. The maximum Gasteiger partial charge on any atom is 0.320 e. The Balaban J connectivity index is 1.84. The molecule has 2 amide bonds. The summed E-state index contributed by atoms with van der Waals surface area (Å²) >= 11 is 0. The van der Waals surface area contributed by atoms with Gasteiger partial charge in [-0.05, 0) is 37.6 Å². The first-order valence-electron chi connectivity index (χ1n) is 8.27. The number of hydrogen-bond acceptors (Lipinski definition) is 3. The number of H-pyrrole nitrogens is 1. The third-order valence-electron chi connectivity index (χ3n) is 3.98. The van der Waals surface area contributed by atoms with E-state index in [-0.39, 0.29) is 17.6 Å². The molecule has 0 aliphatic carbocycles. The van der Waals surface area contributed by atoms with Crippen molar-refractivity contribution in [2.75, 3.05) is 5.32 Å². The van der Waals surface area contributed by atoms with Gasteiger partial charge in [-0.1, -0.05) is 35.9 Å². The third-order valence-corrected chi connectivity index (χ3v) is 3.98. The average Bonchev–Trinajstić information content (AvgIpc) is 2.63. The first kappa shape index (κ1) is 17.4. The zero-order valence-electron chi connectivity index (χ0n) is 14.6. The van der Waals surface area contributed by atoms with Crippen LogP contribution in [0.2, 0.25) is 0 Å². The molecule has 3 rings (SSSR count). The summed E-state index contributed by atoms with van der Waals surface area (Å²) in [5, 5.41) is 5.70. The number of amides is 2. The second kappa shape index (κ2) is 7.65. The summed E-state index contributed by atoms with van der Waals surface area (Å²) in [5.74, 6) is 0. The van der Waals surface area contributed by atoms with Crippen molar-refractivity contribution in [2.24, 2.45) is 0 Å². The van der Waals surface area contributed by atoms with Gasteiger partial charge in [-0.25, -0.2) is 4.79 Å². The fraction of sp³-hybridized carbons (Fsp3) is 0.150. The average molecular weight is 348 g/mol. The molecular weight excluding hydrogens is 328 g/mol. The molecule has 0 saturated carbocycles. The van der Waals surface area contributed by atoms with Gasteiger partial charge in [0.1, 0.15) is 0 Å². The number of aromatic amines is 1. The molecular formula is C20H20N4O2. The van der Waals surface area contributed by atoms with E-state index in [1.165, 1.54) is 6.20 Å². The summed E-state index contributed by atoms with van der Waals surface area (Å²) < 4.78 is 0. The molecule has 26 heavy (non-hydrogen) atoms. The number of aryl methyl sites for hydroxylation is 2. The lowest BCUT2D eigenvalue weighted by Crippen LogP contribution is -2.34. The number of benzene rings is 1. The number of pyridine rings is 2. The van der Waals surface area contributed by atoms with Crippen LogP contribution in [0.5, 0.6) is 0 Å². The van der Waals surface area contributed by atoms with E-state index < -0.39 is 0 Å². The van der Waals surface area contributed by atoms with Crippen LogP contribution in [0, 0.1) is 13.8 Å². The molecule has 0 saturated heterocycles. The monoisotopic (exact) mass is 348 g/mol. The van der Waals surface area contributed by atoms with Crippen LogP contribution in [-0.4, -0.2) is 16.0 Å². The number of carbonyl (C=O) groups is 1. The number of aromatic nitrogens is 2. The van der Waals surface area contributed by atoms with Gasteiger partial charge in [-0.3, -0.25) is 9.78 Å². The van der Waals surface area contributed by atoms with Crippen molar-refractivity contribution in [1.29, 1.82) is 0 Å². The van der Waals surface area contributed by atoms with Gasteiger partial charge in [0, 0.05) is 18.0 Å². The second-order valence-corrected chi connectivity index (χ2v) is 6.10. The molecule has 0 aliphatic heterocycles. The Bertz CT molecular complexity index is 967. The van der Waals surface area contributed by atoms with Crippen molar-refractivity contribution < 1.29 is 4.79 Å². The molecule has 3 N–H and O–H groups in total. The minimum absolute atomic E-state index is 0.179. The lowest BCUT2D eigenvalue weighted by molar-refractivity contribution is 0.250. The summed E-state index contributed by atoms with van der Waals surface area (Å²) in [7, 11) is 0. The van der Waals surface area contributed by atoms with Gasteiger partial charge in [0.05, 0.1) is 17.4 Å². The van der Waals surface area contributed by atoms with E-state index in [4.69, 9.17) is 0 Å². The molecule has 0 fully saturated rings. The lowest BCUT2D eigenvalue weighted by Gasteiger charge is -2.19. The molecule has 2 aromatic heterocycles. The van der Waals surface area contributed by atoms with Crippen molar-refractivity contribution in [3.8, 4) is 0 Å². The van der Waals surface area contributed by atoms with Gasteiger partial charge in [0.15, 0.2) is 0 Å². The number of hydrogen-bond donors (Lipinski definition) is 3. The fourth-order valence-electron chi connectivity index (χ4n) is 2.69. The predicted molar refractivity (Wildman–Crippen MR) is 101 cm³/mol. The predicted octanol–water partition coefficient (Wildman–Crippen LogP) is 3.30. The van der Waals surface area contributed by atoms with E-state index in [0.717, 1.165) is 16.8 Å². The first-order valence-corrected chi connectivity index (χ1v) is 8.27. The van der Waals surface area contributed by atoms with Gasteiger partial charge >= 0.3 is 6.03 Å². The van der Waals surface area contributed by atoms with E-state index in [9.17, 15) is 9.59 Å². The van der Waals surface area contributed by atoms with Gasteiger partial charge in [0.25, 0.3) is 5.56 Å². The molecule has 3 aromatic rings. The highest BCUT2D eigenvalue weighted by molar-refractivity contribution is 5.89. The SMILES string of the molecule is Cc1cccc([C@H](NC(=O)Nc2c[nH]c(=O)c(C)c2)c2ccccn2)c1. The standard InChI is InChI=1S/C20H20N4O2/c1-13-6-5-7-15(10-13)18(17-8-3-4-9-21-17)24-20(26)23-16-11-14(2)19(25)22-12-16/h3-12,18H,1-2H3,(H,22,25)(H2,23,24,26)/t18-/m0/s1. The summed E-state index contributed by atoms with van der Waals surface area (Å²) in [5.41, 5.74) is 3.65. The molecule has 0 spiro atoms. The number of carbonyl (C=O) groups excluding carboxylic acids is 1. The Morgan fingerprint density at radius 2 is 1.96 bits per heavy atom. The van der Waals surface area contributed by atoms with Gasteiger partial charge < -0.3 is 15.6 Å². The van der Waals surface area contributed by atoms with Gasteiger partial charge in [-0.15, -0.1) is 0 Å². The summed E-state index contributed by atoms with van der Waals surface area (Å²) in [4.78, 5) is 30.9. The van der Waals surface area contributed by atoms with E-state index in [1.54, 1.807) is 19.2 Å². The van der Waals surface area contributed by atoms with Crippen LogP contribution in [0.1, 0.15) is 28.4 Å². The van der Waals surface area contributed by atoms with Crippen molar-refractivity contribution >= 4 is 11.7 Å². The molecule has 1 atom stereocenters. The lowest BCUT2D eigenvalue weighted by atomic mass is 10.0. The van der Waals surface area contributed by atoms with E-state index >= 15 is 0 Å². The molecule has 1 aromatic carbocycles.